The quantitative estimate of drug-likeness (QED) is 0.346. The minimum absolute atomic E-state index is 0.0834. The van der Waals surface area contributed by atoms with E-state index in [0.29, 0.717) is 38.3 Å². The minimum Gasteiger partial charge on any atom is -0.508 e. The zero-order chi connectivity index (χ0) is 26.9. The third-order valence-electron chi connectivity index (χ3n) is 8.91. The number of hydrogen-bond donors (Lipinski definition) is 5. The SMILES string of the molecule is NC(=O)C1=C(O)[C@@]2(O)C(=O)C3=C(O)c4c(O)ccc(N5CCCC5)c4C[C@H]3C[C@H]2[C@@H](N2CCOCC2)C1=O. The summed E-state index contributed by atoms with van der Waals surface area (Å²) in [6.07, 6.45) is 2.43. The molecule has 11 heteroatoms. The molecule has 1 aromatic rings. The first-order chi connectivity index (χ1) is 18.2. The Morgan fingerprint density at radius 2 is 1.74 bits per heavy atom. The van der Waals surface area contributed by atoms with E-state index >= 15 is 0 Å². The summed E-state index contributed by atoms with van der Waals surface area (Å²) < 4.78 is 5.41. The molecule has 6 rings (SSSR count). The van der Waals surface area contributed by atoms with Gasteiger partial charge in [-0.2, -0.15) is 0 Å². The Labute approximate surface area is 218 Å². The van der Waals surface area contributed by atoms with E-state index in [2.05, 4.69) is 4.90 Å². The largest absolute Gasteiger partial charge is 0.508 e. The molecule has 0 bridgehead atoms. The van der Waals surface area contributed by atoms with Gasteiger partial charge < -0.3 is 35.8 Å². The number of phenolic OH excluding ortho intramolecular Hbond substituents is 1. The van der Waals surface area contributed by atoms with Gasteiger partial charge in [0.1, 0.15) is 22.8 Å². The first-order valence-electron chi connectivity index (χ1n) is 13.1. The number of Topliss-reactive ketones (excluding diaryl/α,β-unsaturated/α-hetero) is 2. The number of anilines is 1. The number of ketones is 2. The van der Waals surface area contributed by atoms with Crippen molar-refractivity contribution in [1.82, 2.24) is 4.90 Å². The van der Waals surface area contributed by atoms with Crippen molar-refractivity contribution >= 4 is 28.9 Å². The number of nitrogens with two attached hydrogens (primary N) is 1. The molecule has 4 atom stereocenters. The fourth-order valence-electron chi connectivity index (χ4n) is 7.16. The number of fused-ring (bicyclic) bond motifs is 3. The number of morpholine rings is 1. The Morgan fingerprint density at radius 3 is 2.39 bits per heavy atom. The van der Waals surface area contributed by atoms with Crippen molar-refractivity contribution in [3.05, 3.63) is 40.2 Å². The average Bonchev–Trinajstić information content (AvgIpc) is 3.41. The summed E-state index contributed by atoms with van der Waals surface area (Å²) in [6.45, 7) is 2.99. The molecule has 0 unspecified atom stereocenters. The van der Waals surface area contributed by atoms with Gasteiger partial charge in [-0.15, -0.1) is 0 Å². The Bertz CT molecular complexity index is 1310. The maximum Gasteiger partial charge on any atom is 0.255 e. The van der Waals surface area contributed by atoms with Crippen molar-refractivity contribution in [2.24, 2.45) is 17.6 Å². The molecule has 2 saturated heterocycles. The highest BCUT2D eigenvalue weighted by atomic mass is 16.5. The van der Waals surface area contributed by atoms with E-state index in [9.17, 15) is 34.8 Å². The maximum atomic E-state index is 14.0. The van der Waals surface area contributed by atoms with E-state index in [0.717, 1.165) is 31.6 Å². The summed E-state index contributed by atoms with van der Waals surface area (Å²) in [5.41, 5.74) is 3.58. The van der Waals surface area contributed by atoms with Gasteiger partial charge in [0, 0.05) is 43.4 Å². The van der Waals surface area contributed by atoms with Crippen LogP contribution in [-0.2, 0) is 25.5 Å². The molecule has 5 aliphatic rings. The second-order valence-corrected chi connectivity index (χ2v) is 10.8. The van der Waals surface area contributed by atoms with Crippen molar-refractivity contribution in [2.45, 2.75) is 37.3 Å². The summed E-state index contributed by atoms with van der Waals surface area (Å²) in [5.74, 6) is -6.36. The number of phenols is 1. The molecule has 2 heterocycles. The number of carbonyl (C=O) groups excluding carboxylic acids is 3. The lowest BCUT2D eigenvalue weighted by molar-refractivity contribution is -0.157. The maximum absolute atomic E-state index is 14.0. The van der Waals surface area contributed by atoms with E-state index < -0.39 is 58.0 Å². The predicted molar refractivity (Wildman–Crippen MR) is 134 cm³/mol. The lowest BCUT2D eigenvalue weighted by Gasteiger charge is -2.51. The minimum atomic E-state index is -2.64. The number of aliphatic hydroxyl groups is 3. The zero-order valence-electron chi connectivity index (χ0n) is 20.9. The van der Waals surface area contributed by atoms with E-state index in [4.69, 9.17) is 10.5 Å². The number of aliphatic hydroxyl groups excluding tert-OH is 2. The van der Waals surface area contributed by atoms with Crippen molar-refractivity contribution < 1.29 is 39.5 Å². The van der Waals surface area contributed by atoms with Crippen molar-refractivity contribution in [2.75, 3.05) is 44.3 Å². The third kappa shape index (κ3) is 3.35. The summed E-state index contributed by atoms with van der Waals surface area (Å²) >= 11 is 0. The molecular formula is C27H31N3O8. The fourth-order valence-corrected chi connectivity index (χ4v) is 7.16. The molecule has 2 aliphatic heterocycles. The van der Waals surface area contributed by atoms with E-state index in [1.807, 2.05) is 6.07 Å². The summed E-state index contributed by atoms with van der Waals surface area (Å²) in [6, 6.07) is 2.20. The second-order valence-electron chi connectivity index (χ2n) is 10.8. The summed E-state index contributed by atoms with van der Waals surface area (Å²) in [5, 5.41) is 45.0. The lowest BCUT2D eigenvalue weighted by atomic mass is 9.57. The van der Waals surface area contributed by atoms with Gasteiger partial charge >= 0.3 is 0 Å². The molecule has 1 saturated carbocycles. The molecule has 0 radical (unpaired) electrons. The van der Waals surface area contributed by atoms with Crippen LogP contribution in [0.5, 0.6) is 5.75 Å². The van der Waals surface area contributed by atoms with Crippen LogP contribution in [0.2, 0.25) is 0 Å². The predicted octanol–water partition coefficient (Wildman–Crippen LogP) is 0.335. The number of benzene rings is 1. The van der Waals surface area contributed by atoms with Gasteiger partial charge in [0.2, 0.25) is 5.78 Å². The lowest BCUT2D eigenvalue weighted by Crippen LogP contribution is -2.67. The fraction of sp³-hybridized carbons (Fsp3) is 0.519. The molecule has 0 spiro atoms. The van der Waals surface area contributed by atoms with Gasteiger partial charge in [-0.1, -0.05) is 0 Å². The number of hydrogen-bond acceptors (Lipinski definition) is 10. The second kappa shape index (κ2) is 8.82. The number of aromatic hydroxyl groups is 1. The van der Waals surface area contributed by atoms with Crippen LogP contribution in [0.1, 0.15) is 30.4 Å². The van der Waals surface area contributed by atoms with Crippen LogP contribution in [0.4, 0.5) is 5.69 Å². The number of primary amides is 1. The van der Waals surface area contributed by atoms with Gasteiger partial charge in [0.15, 0.2) is 11.4 Å². The Morgan fingerprint density at radius 1 is 1.05 bits per heavy atom. The van der Waals surface area contributed by atoms with Gasteiger partial charge in [0.25, 0.3) is 5.91 Å². The summed E-state index contributed by atoms with van der Waals surface area (Å²) in [4.78, 5) is 43.8. The highest BCUT2D eigenvalue weighted by Gasteiger charge is 2.64. The molecule has 6 N–H and O–H groups in total. The van der Waals surface area contributed by atoms with Gasteiger partial charge in [-0.05, 0) is 49.3 Å². The highest BCUT2D eigenvalue weighted by molar-refractivity contribution is 6.24. The first-order valence-corrected chi connectivity index (χ1v) is 13.1. The topological polar surface area (TPSA) is 174 Å². The highest BCUT2D eigenvalue weighted by Crippen LogP contribution is 2.54. The van der Waals surface area contributed by atoms with Crippen LogP contribution in [-0.4, -0.2) is 93.8 Å². The summed E-state index contributed by atoms with van der Waals surface area (Å²) in [7, 11) is 0. The molecule has 1 aromatic carbocycles. The number of nitrogens with zero attached hydrogens (tertiary/aromatic N) is 2. The molecule has 11 nitrogen and oxygen atoms in total. The molecule has 3 aliphatic carbocycles. The zero-order valence-corrected chi connectivity index (χ0v) is 20.9. The Kier molecular flexibility index (Phi) is 5.78. The van der Waals surface area contributed by atoms with E-state index in [-0.39, 0.29) is 23.3 Å². The van der Waals surface area contributed by atoms with Gasteiger partial charge in [-0.3, -0.25) is 19.3 Å². The van der Waals surface area contributed by atoms with Crippen LogP contribution in [0.25, 0.3) is 5.76 Å². The first kappa shape index (κ1) is 24.9. The average molecular weight is 526 g/mol. The van der Waals surface area contributed by atoms with E-state index in [1.54, 1.807) is 4.90 Å². The molecule has 3 fully saturated rings. The van der Waals surface area contributed by atoms with Crippen LogP contribution in [0.15, 0.2) is 29.0 Å². The third-order valence-corrected chi connectivity index (χ3v) is 8.91. The molecule has 0 aromatic heterocycles. The Hall–Kier alpha value is -3.41. The standard InChI is InChI=1S/C27H31N3O8/c28-26(36)20-23(33)21(30-7-9-38-10-8-30)15-12-13-11-14-16(29-5-1-2-6-29)3-4-17(31)19(14)22(32)18(13)24(34)27(15,37)25(20)35/h3-4,13,15,21,31-32,35,37H,1-2,5-12H2,(H2,28,36)/t13-,15-,21+,27-/m0/s1. The number of carbonyl (C=O) groups is 3. The van der Waals surface area contributed by atoms with Crippen LogP contribution in [0, 0.1) is 11.8 Å². The number of ether oxygens (including phenoxy) is 1. The molecule has 1 amide bonds. The Balaban J connectivity index is 1.52. The molecule has 38 heavy (non-hydrogen) atoms. The van der Waals surface area contributed by atoms with Crippen LogP contribution < -0.4 is 10.6 Å². The monoisotopic (exact) mass is 525 g/mol. The molecule has 202 valence electrons. The van der Waals surface area contributed by atoms with Gasteiger partial charge in [-0.25, -0.2) is 0 Å². The van der Waals surface area contributed by atoms with Crippen molar-refractivity contribution in [3.63, 3.8) is 0 Å². The number of amides is 1. The van der Waals surface area contributed by atoms with Crippen molar-refractivity contribution in [3.8, 4) is 5.75 Å². The normalized spacial score (nSPS) is 31.8. The number of rotatable bonds is 3. The van der Waals surface area contributed by atoms with Crippen molar-refractivity contribution in [1.29, 1.82) is 0 Å². The van der Waals surface area contributed by atoms with Crippen LogP contribution >= 0.6 is 0 Å². The smallest absolute Gasteiger partial charge is 0.255 e. The van der Waals surface area contributed by atoms with E-state index in [1.165, 1.54) is 6.07 Å². The van der Waals surface area contributed by atoms with Crippen LogP contribution in [0.3, 0.4) is 0 Å². The van der Waals surface area contributed by atoms with Gasteiger partial charge in [0.05, 0.1) is 24.8 Å². The molecular weight excluding hydrogens is 494 g/mol.